The first kappa shape index (κ1) is 7.69. The summed E-state index contributed by atoms with van der Waals surface area (Å²) in [6.45, 7) is 6.88. The lowest BCUT2D eigenvalue weighted by Crippen LogP contribution is -1.87. The van der Waals surface area contributed by atoms with E-state index in [0.717, 1.165) is 0 Å². The third-order valence-corrected chi connectivity index (χ3v) is 0.566. The van der Waals surface area contributed by atoms with E-state index in [2.05, 4.69) is 18.2 Å². The molecule has 0 aromatic carbocycles. The van der Waals surface area contributed by atoms with Gasteiger partial charge in [-0.25, -0.2) is 0 Å². The second kappa shape index (κ2) is 4.84. The van der Waals surface area contributed by atoms with Crippen molar-refractivity contribution in [2.75, 3.05) is 0 Å². The number of nitrogens with two attached hydrogens (primary N) is 1. The quantitative estimate of drug-likeness (QED) is 0.443. The molecule has 0 aliphatic heterocycles. The Labute approximate surface area is 55.1 Å². The summed E-state index contributed by atoms with van der Waals surface area (Å²) in [7, 11) is 0. The van der Waals surface area contributed by atoms with Crippen LogP contribution in [0, 0.1) is 0 Å². The summed E-state index contributed by atoms with van der Waals surface area (Å²) in [6.07, 6.45) is 6.33. The van der Waals surface area contributed by atoms with Crippen LogP contribution in [0.2, 0.25) is 0 Å². The van der Waals surface area contributed by atoms with Gasteiger partial charge >= 0.3 is 0 Å². The summed E-state index contributed by atoms with van der Waals surface area (Å²) in [5.74, 6) is 0. The van der Waals surface area contributed by atoms with Gasteiger partial charge in [-0.1, -0.05) is 19.2 Å². The predicted octanol–water partition coefficient (Wildman–Crippen LogP) is 1.23. The van der Waals surface area contributed by atoms with E-state index in [4.69, 9.17) is 5.73 Å². The molecule has 2 N–H and O–H groups in total. The van der Waals surface area contributed by atoms with Gasteiger partial charge in [0.15, 0.2) is 0 Å². The predicted molar refractivity (Wildman–Crippen MR) is 41.2 cm³/mol. The molecule has 0 atom stereocenters. The number of rotatable bonds is 3. The Morgan fingerprint density at radius 1 is 1.56 bits per heavy atom. The molecule has 0 amide bonds. The summed E-state index contributed by atoms with van der Waals surface area (Å²) in [4.78, 5) is 3.77. The van der Waals surface area contributed by atoms with Crippen molar-refractivity contribution in [3.05, 3.63) is 37.2 Å². The maximum atomic E-state index is 5.19. The van der Waals surface area contributed by atoms with E-state index < -0.39 is 0 Å². The van der Waals surface area contributed by atoms with Gasteiger partial charge in [-0.2, -0.15) is 0 Å². The van der Waals surface area contributed by atoms with Crippen molar-refractivity contribution in [3.8, 4) is 0 Å². The van der Waals surface area contributed by atoms with E-state index in [1.165, 1.54) is 0 Å². The molecule has 0 bridgehead atoms. The minimum Gasteiger partial charge on any atom is -0.399 e. The molecular formula is C7H10N2. The van der Waals surface area contributed by atoms with E-state index in [-0.39, 0.29) is 0 Å². The number of allylic oxidation sites excluding steroid dienone is 2. The summed E-state index contributed by atoms with van der Waals surface area (Å²) in [5, 5.41) is 0. The monoisotopic (exact) mass is 122 g/mol. The Kier molecular flexibility index (Phi) is 4.14. The van der Waals surface area contributed by atoms with Crippen molar-refractivity contribution in [2.45, 2.75) is 0 Å². The van der Waals surface area contributed by atoms with Gasteiger partial charge in [-0.05, 0) is 6.08 Å². The molecule has 0 rings (SSSR count). The van der Waals surface area contributed by atoms with E-state index in [1.807, 2.05) is 0 Å². The lowest BCUT2D eigenvalue weighted by molar-refractivity contribution is 1.43. The molecular weight excluding hydrogens is 112 g/mol. The standard InChI is InChI=1S/C7H10N2/c1-3-5-9-6-4-7(2)8/h3-6H,1-2,8H2/b6-4-,9-5-. The van der Waals surface area contributed by atoms with E-state index >= 15 is 0 Å². The first-order valence-corrected chi connectivity index (χ1v) is 2.52. The van der Waals surface area contributed by atoms with Crippen molar-refractivity contribution in [1.82, 2.24) is 0 Å². The number of hydrogen-bond acceptors (Lipinski definition) is 2. The molecule has 0 aromatic rings. The Morgan fingerprint density at radius 3 is 2.67 bits per heavy atom. The molecule has 0 saturated carbocycles. The molecule has 0 aliphatic rings. The fourth-order valence-electron chi connectivity index (χ4n) is 0.249. The first-order chi connectivity index (χ1) is 4.27. The van der Waals surface area contributed by atoms with Gasteiger partial charge in [0.1, 0.15) is 0 Å². The summed E-state index contributed by atoms with van der Waals surface area (Å²) < 4.78 is 0. The minimum atomic E-state index is 0.496. The Morgan fingerprint density at radius 2 is 2.22 bits per heavy atom. The fourth-order valence-corrected chi connectivity index (χ4v) is 0.249. The van der Waals surface area contributed by atoms with Crippen LogP contribution >= 0.6 is 0 Å². The Hall–Kier alpha value is -1.31. The normalized spacial score (nSPS) is 10.7. The van der Waals surface area contributed by atoms with Crippen LogP contribution in [0.4, 0.5) is 0 Å². The van der Waals surface area contributed by atoms with Gasteiger partial charge < -0.3 is 5.73 Å². The zero-order valence-electron chi connectivity index (χ0n) is 5.25. The van der Waals surface area contributed by atoms with Gasteiger partial charge in [0, 0.05) is 18.1 Å². The van der Waals surface area contributed by atoms with Gasteiger partial charge in [0.2, 0.25) is 0 Å². The van der Waals surface area contributed by atoms with E-state index in [9.17, 15) is 0 Å². The molecule has 2 heteroatoms. The molecule has 0 unspecified atom stereocenters. The topological polar surface area (TPSA) is 38.4 Å². The highest BCUT2D eigenvalue weighted by Gasteiger charge is 1.67. The van der Waals surface area contributed by atoms with Crippen LogP contribution in [0.3, 0.4) is 0 Å². The lowest BCUT2D eigenvalue weighted by atomic mass is 10.5. The van der Waals surface area contributed by atoms with Gasteiger partial charge in [-0.3, -0.25) is 4.99 Å². The van der Waals surface area contributed by atoms with Crippen molar-refractivity contribution in [2.24, 2.45) is 10.7 Å². The number of hydrogen-bond donors (Lipinski definition) is 1. The second-order valence-electron chi connectivity index (χ2n) is 1.42. The molecule has 48 valence electrons. The smallest absolute Gasteiger partial charge is 0.0288 e. The summed E-state index contributed by atoms with van der Waals surface area (Å²) >= 11 is 0. The van der Waals surface area contributed by atoms with Crippen LogP contribution in [0.15, 0.2) is 42.2 Å². The van der Waals surface area contributed by atoms with Crippen molar-refractivity contribution in [1.29, 1.82) is 0 Å². The fraction of sp³-hybridized carbons (Fsp3) is 0. The molecule has 0 aliphatic carbocycles. The highest BCUT2D eigenvalue weighted by molar-refractivity contribution is 5.70. The minimum absolute atomic E-state index is 0.496. The maximum absolute atomic E-state index is 5.19. The molecule has 0 heterocycles. The molecule has 9 heavy (non-hydrogen) atoms. The largest absolute Gasteiger partial charge is 0.399 e. The molecule has 0 aromatic heterocycles. The van der Waals surface area contributed by atoms with Crippen LogP contribution in [0.25, 0.3) is 0 Å². The zero-order chi connectivity index (χ0) is 7.11. The average molecular weight is 122 g/mol. The van der Waals surface area contributed by atoms with Crippen LogP contribution in [0.1, 0.15) is 0 Å². The van der Waals surface area contributed by atoms with Crippen LogP contribution in [0.5, 0.6) is 0 Å². The van der Waals surface area contributed by atoms with Crippen molar-refractivity contribution >= 4 is 6.21 Å². The highest BCUT2D eigenvalue weighted by Crippen LogP contribution is 1.79. The van der Waals surface area contributed by atoms with Crippen molar-refractivity contribution in [3.63, 3.8) is 0 Å². The van der Waals surface area contributed by atoms with Gasteiger partial charge in [0.05, 0.1) is 0 Å². The molecule has 0 spiro atoms. The van der Waals surface area contributed by atoms with E-state index in [0.29, 0.717) is 5.70 Å². The van der Waals surface area contributed by atoms with Crippen LogP contribution < -0.4 is 5.73 Å². The zero-order valence-corrected chi connectivity index (χ0v) is 5.25. The maximum Gasteiger partial charge on any atom is 0.0288 e. The SMILES string of the molecule is C=C/C=N\C=C/C(=C)N. The lowest BCUT2D eigenvalue weighted by Gasteiger charge is -1.80. The van der Waals surface area contributed by atoms with Gasteiger partial charge in [0.25, 0.3) is 0 Å². The summed E-state index contributed by atoms with van der Waals surface area (Å²) in [5.41, 5.74) is 5.69. The average Bonchev–Trinajstić information content (AvgIpc) is 1.80. The van der Waals surface area contributed by atoms with Crippen LogP contribution in [-0.2, 0) is 0 Å². The summed E-state index contributed by atoms with van der Waals surface area (Å²) in [6, 6.07) is 0. The number of nitrogens with zero attached hydrogens (tertiary/aromatic N) is 1. The second-order valence-corrected chi connectivity index (χ2v) is 1.42. The van der Waals surface area contributed by atoms with Crippen molar-refractivity contribution < 1.29 is 0 Å². The third kappa shape index (κ3) is 6.69. The number of aliphatic imine (C=N–C) groups is 1. The molecule has 0 radical (unpaired) electrons. The van der Waals surface area contributed by atoms with Gasteiger partial charge in [-0.15, -0.1) is 0 Å². The highest BCUT2D eigenvalue weighted by atomic mass is 14.7. The Balaban J connectivity index is 3.59. The first-order valence-electron chi connectivity index (χ1n) is 2.52. The molecule has 0 fully saturated rings. The third-order valence-electron chi connectivity index (χ3n) is 0.566. The Bertz CT molecular complexity index is 154. The molecule has 0 saturated heterocycles. The van der Waals surface area contributed by atoms with Crippen LogP contribution in [-0.4, -0.2) is 6.21 Å². The van der Waals surface area contributed by atoms with E-state index in [1.54, 1.807) is 24.6 Å². The molecule has 2 nitrogen and oxygen atoms in total.